The van der Waals surface area contributed by atoms with E-state index >= 15 is 0 Å². The van der Waals surface area contributed by atoms with Gasteiger partial charge in [-0.05, 0) is 56.8 Å². The van der Waals surface area contributed by atoms with Crippen LogP contribution in [0.2, 0.25) is 0 Å². The molecule has 0 bridgehead atoms. The Morgan fingerprint density at radius 2 is 2.00 bits per heavy atom. The summed E-state index contributed by atoms with van der Waals surface area (Å²) in [4.78, 5) is 18.1. The van der Waals surface area contributed by atoms with Crippen LogP contribution in [0.3, 0.4) is 0 Å². The number of nitrogens with one attached hydrogen (secondary N) is 1. The number of para-hydroxylation sites is 1. The molecule has 2 rings (SSSR count). The zero-order valence-corrected chi connectivity index (χ0v) is 13.8. The molecule has 1 N–H and O–H groups in total. The summed E-state index contributed by atoms with van der Waals surface area (Å²) in [6.07, 6.45) is 3.11. The minimum Gasteiger partial charge on any atom is -0.363 e. The highest BCUT2D eigenvalue weighted by Crippen LogP contribution is 2.30. The molecule has 102 valence electrons. The van der Waals surface area contributed by atoms with Gasteiger partial charge in [0, 0.05) is 29.0 Å². The average Bonchev–Trinajstić information content (AvgIpc) is 2.37. The van der Waals surface area contributed by atoms with Crippen LogP contribution in [0.4, 0.5) is 10.5 Å². The Balaban J connectivity index is 2.11. The fourth-order valence-electron chi connectivity index (χ4n) is 1.96. The highest BCUT2D eigenvalue weighted by molar-refractivity contribution is 9.11. The number of carbonyl (C=O) groups is 1. The first kappa shape index (κ1) is 14.5. The number of urea groups is 1. The third-order valence-corrected chi connectivity index (χ3v) is 4.33. The fraction of sp³-hybridized carbons (Fsp3) is 0.385. The monoisotopic (exact) mass is 387 g/mol. The predicted octanol–water partition coefficient (Wildman–Crippen LogP) is 4.26. The minimum absolute atomic E-state index is 0.337. The standard InChI is InChI=1S/C13H15Br2N3O/c1-18-8-3-2-7-11(18)16-13(19)17-12-9(14)5-4-6-10(12)15/h4-6H,2-3,7-8H2,1H3,(H,17,19). The molecular weight excluding hydrogens is 374 g/mol. The number of aliphatic imine (C=N–C) groups is 1. The van der Waals surface area contributed by atoms with E-state index < -0.39 is 0 Å². The SMILES string of the molecule is CN1CCCCC1=NC(=O)Nc1c(Br)cccc1Br. The molecule has 0 atom stereocenters. The van der Waals surface area contributed by atoms with Gasteiger partial charge in [-0.2, -0.15) is 4.99 Å². The predicted molar refractivity (Wildman–Crippen MR) is 84.8 cm³/mol. The Morgan fingerprint density at radius 1 is 1.32 bits per heavy atom. The number of hydrogen-bond donors (Lipinski definition) is 1. The molecule has 1 aromatic carbocycles. The molecule has 0 unspecified atom stereocenters. The number of likely N-dealkylation sites (tertiary alicyclic amines) is 1. The van der Waals surface area contributed by atoms with E-state index in [2.05, 4.69) is 42.2 Å². The molecule has 0 aliphatic carbocycles. The van der Waals surface area contributed by atoms with Gasteiger partial charge in [0.25, 0.3) is 0 Å². The highest BCUT2D eigenvalue weighted by atomic mass is 79.9. The Bertz CT molecular complexity index is 496. The number of carbonyl (C=O) groups excluding carboxylic acids is 1. The molecule has 4 nitrogen and oxygen atoms in total. The summed E-state index contributed by atoms with van der Waals surface area (Å²) >= 11 is 6.82. The van der Waals surface area contributed by atoms with E-state index in [1.54, 1.807) is 0 Å². The van der Waals surface area contributed by atoms with Crippen molar-refractivity contribution in [3.63, 3.8) is 0 Å². The number of amidine groups is 1. The number of halogens is 2. The van der Waals surface area contributed by atoms with Gasteiger partial charge in [0.2, 0.25) is 0 Å². The van der Waals surface area contributed by atoms with Crippen LogP contribution in [-0.4, -0.2) is 30.4 Å². The van der Waals surface area contributed by atoms with E-state index in [-0.39, 0.29) is 6.03 Å². The van der Waals surface area contributed by atoms with Crippen molar-refractivity contribution in [3.8, 4) is 0 Å². The number of piperidine rings is 1. The summed E-state index contributed by atoms with van der Waals surface area (Å²) in [6.45, 7) is 0.963. The molecule has 0 saturated carbocycles. The molecule has 0 radical (unpaired) electrons. The minimum atomic E-state index is -0.337. The zero-order valence-electron chi connectivity index (χ0n) is 10.6. The van der Waals surface area contributed by atoms with Crippen LogP contribution in [0.25, 0.3) is 0 Å². The van der Waals surface area contributed by atoms with Gasteiger partial charge in [0.1, 0.15) is 5.84 Å². The van der Waals surface area contributed by atoms with E-state index in [9.17, 15) is 4.79 Å². The third kappa shape index (κ3) is 3.79. The molecule has 2 amide bonds. The summed E-state index contributed by atoms with van der Waals surface area (Å²) in [7, 11) is 1.97. The van der Waals surface area contributed by atoms with Crippen LogP contribution >= 0.6 is 31.9 Å². The first-order valence-electron chi connectivity index (χ1n) is 6.11. The van der Waals surface area contributed by atoms with Gasteiger partial charge in [-0.3, -0.25) is 0 Å². The molecule has 1 aromatic rings. The molecule has 0 aromatic heterocycles. The van der Waals surface area contributed by atoms with Crippen LogP contribution in [0.1, 0.15) is 19.3 Å². The quantitative estimate of drug-likeness (QED) is 0.781. The molecule has 1 aliphatic heterocycles. The van der Waals surface area contributed by atoms with Crippen molar-refractivity contribution in [3.05, 3.63) is 27.1 Å². The number of anilines is 1. The van der Waals surface area contributed by atoms with Gasteiger partial charge in [-0.25, -0.2) is 4.79 Å². The molecule has 1 heterocycles. The highest BCUT2D eigenvalue weighted by Gasteiger charge is 2.15. The Hall–Kier alpha value is -0.880. The smallest absolute Gasteiger partial charge is 0.347 e. The maximum Gasteiger partial charge on any atom is 0.347 e. The molecule has 1 saturated heterocycles. The topological polar surface area (TPSA) is 44.7 Å². The van der Waals surface area contributed by atoms with Gasteiger partial charge < -0.3 is 10.2 Å². The summed E-state index contributed by atoms with van der Waals surface area (Å²) < 4.78 is 1.65. The van der Waals surface area contributed by atoms with Crippen LogP contribution in [0.15, 0.2) is 32.1 Å². The maximum absolute atomic E-state index is 12.0. The van der Waals surface area contributed by atoms with Crippen molar-refractivity contribution in [2.45, 2.75) is 19.3 Å². The van der Waals surface area contributed by atoms with Crippen molar-refractivity contribution in [1.29, 1.82) is 0 Å². The molecule has 0 spiro atoms. The Kier molecular flexibility index (Phi) is 4.99. The second kappa shape index (κ2) is 6.52. The van der Waals surface area contributed by atoms with Crippen molar-refractivity contribution >= 4 is 49.4 Å². The van der Waals surface area contributed by atoms with E-state index in [0.29, 0.717) is 5.69 Å². The van der Waals surface area contributed by atoms with E-state index in [0.717, 1.165) is 40.6 Å². The first-order valence-corrected chi connectivity index (χ1v) is 7.70. The summed E-state index contributed by atoms with van der Waals surface area (Å²) in [5.41, 5.74) is 0.704. The van der Waals surface area contributed by atoms with Gasteiger partial charge >= 0.3 is 6.03 Å². The lowest BCUT2D eigenvalue weighted by Gasteiger charge is -2.25. The maximum atomic E-state index is 12.0. The van der Waals surface area contributed by atoms with E-state index in [1.165, 1.54) is 0 Å². The summed E-state index contributed by atoms with van der Waals surface area (Å²) in [5, 5.41) is 2.80. The first-order chi connectivity index (χ1) is 9.08. The van der Waals surface area contributed by atoms with Crippen molar-refractivity contribution in [1.82, 2.24) is 4.90 Å². The van der Waals surface area contributed by atoms with Crippen molar-refractivity contribution < 1.29 is 4.79 Å². The second-order valence-corrected chi connectivity index (χ2v) is 6.14. The van der Waals surface area contributed by atoms with E-state index in [1.807, 2.05) is 30.1 Å². The lowest BCUT2D eigenvalue weighted by molar-refractivity contribution is 0.259. The zero-order chi connectivity index (χ0) is 13.8. The summed E-state index contributed by atoms with van der Waals surface area (Å²) in [6, 6.07) is 5.31. The van der Waals surface area contributed by atoms with Crippen LogP contribution in [0.5, 0.6) is 0 Å². The molecule has 1 fully saturated rings. The number of hydrogen-bond acceptors (Lipinski definition) is 1. The molecular formula is C13H15Br2N3O. The van der Waals surface area contributed by atoms with Gasteiger partial charge in [-0.15, -0.1) is 0 Å². The van der Waals surface area contributed by atoms with Crippen molar-refractivity contribution in [2.24, 2.45) is 4.99 Å². The number of rotatable bonds is 1. The molecule has 19 heavy (non-hydrogen) atoms. The van der Waals surface area contributed by atoms with Crippen molar-refractivity contribution in [2.75, 3.05) is 18.9 Å². The molecule has 6 heteroatoms. The van der Waals surface area contributed by atoms with Crippen LogP contribution in [0, 0.1) is 0 Å². The Labute approximate surface area is 129 Å². The van der Waals surface area contributed by atoms with Gasteiger partial charge in [0.15, 0.2) is 0 Å². The van der Waals surface area contributed by atoms with Gasteiger partial charge in [-0.1, -0.05) is 6.07 Å². The number of amides is 2. The van der Waals surface area contributed by atoms with Gasteiger partial charge in [0.05, 0.1) is 5.69 Å². The normalized spacial score (nSPS) is 17.6. The summed E-state index contributed by atoms with van der Waals surface area (Å²) in [5.74, 6) is 0.854. The third-order valence-electron chi connectivity index (χ3n) is 3.01. The largest absolute Gasteiger partial charge is 0.363 e. The average molecular weight is 389 g/mol. The lowest BCUT2D eigenvalue weighted by atomic mass is 10.1. The number of nitrogens with zero attached hydrogens (tertiary/aromatic N) is 2. The second-order valence-electron chi connectivity index (χ2n) is 4.43. The fourth-order valence-corrected chi connectivity index (χ4v) is 3.16. The lowest BCUT2D eigenvalue weighted by Crippen LogP contribution is -2.32. The van der Waals surface area contributed by atoms with Crippen LogP contribution < -0.4 is 5.32 Å². The number of benzene rings is 1. The van der Waals surface area contributed by atoms with Crippen LogP contribution in [-0.2, 0) is 0 Å². The van der Waals surface area contributed by atoms with E-state index in [4.69, 9.17) is 0 Å². The Morgan fingerprint density at radius 3 is 2.63 bits per heavy atom. The molecule has 1 aliphatic rings.